The summed E-state index contributed by atoms with van der Waals surface area (Å²) in [4.78, 5) is 0. The Labute approximate surface area is 122 Å². The first-order valence-electron chi connectivity index (χ1n) is 7.82. The molecule has 20 heavy (non-hydrogen) atoms. The van der Waals surface area contributed by atoms with Crippen molar-refractivity contribution in [1.82, 2.24) is 0 Å². The van der Waals surface area contributed by atoms with Crippen LogP contribution in [-0.2, 0) is 0 Å². The molecule has 0 saturated heterocycles. The Kier molecular flexibility index (Phi) is 5.72. The van der Waals surface area contributed by atoms with E-state index >= 15 is 0 Å². The molecule has 2 rings (SSSR count). The fraction of sp³-hybridized carbons (Fsp3) is 0.647. The lowest BCUT2D eigenvalue weighted by Gasteiger charge is -2.34. The van der Waals surface area contributed by atoms with Gasteiger partial charge in [-0.05, 0) is 56.0 Å². The van der Waals surface area contributed by atoms with E-state index in [1.165, 1.54) is 12.8 Å². The summed E-state index contributed by atoms with van der Waals surface area (Å²) >= 11 is 0. The van der Waals surface area contributed by atoms with E-state index in [9.17, 15) is 0 Å². The molecule has 0 amide bonds. The minimum Gasteiger partial charge on any atom is -0.494 e. The number of hydrogen-bond donors (Lipinski definition) is 1. The van der Waals surface area contributed by atoms with Gasteiger partial charge in [0.25, 0.3) is 0 Å². The average molecular weight is 277 g/mol. The van der Waals surface area contributed by atoms with Gasteiger partial charge >= 0.3 is 0 Å². The second-order valence-corrected chi connectivity index (χ2v) is 5.89. The van der Waals surface area contributed by atoms with Crippen molar-refractivity contribution >= 4 is 0 Å². The third-order valence-corrected chi connectivity index (χ3v) is 4.08. The largest absolute Gasteiger partial charge is 0.494 e. The SMILES string of the molecule is CCCOc1ccc(OC2CC(C)CCC2CN)cc1. The summed E-state index contributed by atoms with van der Waals surface area (Å²) in [6, 6.07) is 7.96. The average Bonchev–Trinajstić information content (AvgIpc) is 2.47. The van der Waals surface area contributed by atoms with Crippen LogP contribution in [0.3, 0.4) is 0 Å². The maximum absolute atomic E-state index is 6.15. The summed E-state index contributed by atoms with van der Waals surface area (Å²) in [6.45, 7) is 5.88. The van der Waals surface area contributed by atoms with Gasteiger partial charge in [-0.15, -0.1) is 0 Å². The van der Waals surface area contributed by atoms with Gasteiger partial charge in [0, 0.05) is 5.92 Å². The molecule has 0 radical (unpaired) electrons. The zero-order valence-electron chi connectivity index (χ0n) is 12.7. The quantitative estimate of drug-likeness (QED) is 0.863. The Morgan fingerprint density at radius 2 is 1.85 bits per heavy atom. The molecule has 0 aliphatic heterocycles. The van der Waals surface area contributed by atoms with Crippen molar-refractivity contribution in [3.05, 3.63) is 24.3 Å². The van der Waals surface area contributed by atoms with Crippen LogP contribution in [0, 0.1) is 11.8 Å². The van der Waals surface area contributed by atoms with Gasteiger partial charge in [0.15, 0.2) is 0 Å². The van der Waals surface area contributed by atoms with Crippen LogP contribution in [0.5, 0.6) is 11.5 Å². The van der Waals surface area contributed by atoms with Crippen LogP contribution in [0.25, 0.3) is 0 Å². The van der Waals surface area contributed by atoms with Crippen molar-refractivity contribution in [3.63, 3.8) is 0 Å². The zero-order valence-corrected chi connectivity index (χ0v) is 12.7. The smallest absolute Gasteiger partial charge is 0.120 e. The van der Waals surface area contributed by atoms with Gasteiger partial charge < -0.3 is 15.2 Å². The molecular formula is C17H27NO2. The Morgan fingerprint density at radius 1 is 1.15 bits per heavy atom. The zero-order chi connectivity index (χ0) is 14.4. The maximum Gasteiger partial charge on any atom is 0.120 e. The highest BCUT2D eigenvalue weighted by Gasteiger charge is 2.29. The summed E-state index contributed by atoms with van der Waals surface area (Å²) in [7, 11) is 0. The first-order chi connectivity index (χ1) is 9.72. The molecule has 3 heteroatoms. The van der Waals surface area contributed by atoms with E-state index in [0.717, 1.165) is 43.4 Å². The summed E-state index contributed by atoms with van der Waals surface area (Å²) in [5.41, 5.74) is 5.87. The van der Waals surface area contributed by atoms with Gasteiger partial charge in [-0.2, -0.15) is 0 Å². The third-order valence-electron chi connectivity index (χ3n) is 4.08. The molecule has 3 atom stereocenters. The Bertz CT molecular complexity index is 390. The standard InChI is InChI=1S/C17H27NO2/c1-3-10-19-15-6-8-16(9-7-15)20-17-11-13(2)4-5-14(17)12-18/h6-9,13-14,17H,3-5,10-12,18H2,1-2H3. The molecule has 2 N–H and O–H groups in total. The first-order valence-corrected chi connectivity index (χ1v) is 7.82. The molecule has 3 nitrogen and oxygen atoms in total. The first kappa shape index (κ1) is 15.2. The van der Waals surface area contributed by atoms with Gasteiger partial charge in [0.1, 0.15) is 17.6 Å². The van der Waals surface area contributed by atoms with Crippen molar-refractivity contribution in [2.45, 2.75) is 45.6 Å². The molecule has 0 bridgehead atoms. The maximum atomic E-state index is 6.15. The topological polar surface area (TPSA) is 44.5 Å². The number of nitrogens with two attached hydrogens (primary N) is 1. The lowest BCUT2D eigenvalue weighted by Crippen LogP contribution is -2.37. The van der Waals surface area contributed by atoms with E-state index in [1.807, 2.05) is 24.3 Å². The van der Waals surface area contributed by atoms with Crippen molar-refractivity contribution in [1.29, 1.82) is 0 Å². The van der Waals surface area contributed by atoms with E-state index < -0.39 is 0 Å². The molecule has 1 aromatic carbocycles. The molecule has 1 aliphatic carbocycles. The summed E-state index contributed by atoms with van der Waals surface area (Å²) in [5.74, 6) is 3.05. The second-order valence-electron chi connectivity index (χ2n) is 5.89. The number of benzene rings is 1. The van der Waals surface area contributed by atoms with Crippen LogP contribution in [0.2, 0.25) is 0 Å². The van der Waals surface area contributed by atoms with Crippen LogP contribution < -0.4 is 15.2 Å². The Morgan fingerprint density at radius 3 is 2.50 bits per heavy atom. The van der Waals surface area contributed by atoms with Crippen LogP contribution in [0.4, 0.5) is 0 Å². The van der Waals surface area contributed by atoms with E-state index in [1.54, 1.807) is 0 Å². The van der Waals surface area contributed by atoms with Crippen molar-refractivity contribution in [2.24, 2.45) is 17.6 Å². The second kappa shape index (κ2) is 7.53. The number of ether oxygens (including phenoxy) is 2. The molecule has 112 valence electrons. The van der Waals surface area contributed by atoms with E-state index in [2.05, 4.69) is 13.8 Å². The highest BCUT2D eigenvalue weighted by atomic mass is 16.5. The van der Waals surface area contributed by atoms with Crippen LogP contribution in [-0.4, -0.2) is 19.3 Å². The van der Waals surface area contributed by atoms with Crippen molar-refractivity contribution in [3.8, 4) is 11.5 Å². The summed E-state index contributed by atoms with van der Waals surface area (Å²) in [6.07, 6.45) is 4.84. The predicted molar refractivity (Wildman–Crippen MR) is 82.2 cm³/mol. The number of hydrogen-bond acceptors (Lipinski definition) is 3. The van der Waals surface area contributed by atoms with E-state index in [4.69, 9.17) is 15.2 Å². The van der Waals surface area contributed by atoms with Crippen LogP contribution in [0.1, 0.15) is 39.5 Å². The van der Waals surface area contributed by atoms with Crippen LogP contribution >= 0.6 is 0 Å². The highest BCUT2D eigenvalue weighted by Crippen LogP contribution is 2.31. The normalized spacial score (nSPS) is 26.2. The molecule has 0 spiro atoms. The van der Waals surface area contributed by atoms with E-state index in [0.29, 0.717) is 5.92 Å². The lowest BCUT2D eigenvalue weighted by atomic mass is 9.80. The van der Waals surface area contributed by atoms with E-state index in [-0.39, 0.29) is 6.10 Å². The molecule has 0 aromatic heterocycles. The van der Waals surface area contributed by atoms with Gasteiger partial charge in [-0.25, -0.2) is 0 Å². The lowest BCUT2D eigenvalue weighted by molar-refractivity contribution is 0.0741. The molecule has 3 unspecified atom stereocenters. The summed E-state index contributed by atoms with van der Waals surface area (Å²) < 4.78 is 11.7. The molecule has 0 heterocycles. The fourth-order valence-corrected chi connectivity index (χ4v) is 2.81. The molecule has 1 aliphatic rings. The van der Waals surface area contributed by atoms with Gasteiger partial charge in [-0.1, -0.05) is 20.3 Å². The third kappa shape index (κ3) is 4.14. The highest BCUT2D eigenvalue weighted by molar-refractivity contribution is 5.31. The van der Waals surface area contributed by atoms with Crippen molar-refractivity contribution in [2.75, 3.05) is 13.2 Å². The molecular weight excluding hydrogens is 250 g/mol. The Hall–Kier alpha value is -1.22. The minimum atomic E-state index is 0.256. The fourth-order valence-electron chi connectivity index (χ4n) is 2.81. The van der Waals surface area contributed by atoms with Gasteiger partial charge in [0.05, 0.1) is 6.61 Å². The molecule has 1 fully saturated rings. The van der Waals surface area contributed by atoms with Crippen LogP contribution in [0.15, 0.2) is 24.3 Å². The van der Waals surface area contributed by atoms with Crippen molar-refractivity contribution < 1.29 is 9.47 Å². The van der Waals surface area contributed by atoms with Gasteiger partial charge in [-0.3, -0.25) is 0 Å². The summed E-state index contributed by atoms with van der Waals surface area (Å²) in [5, 5.41) is 0. The monoisotopic (exact) mass is 277 g/mol. The van der Waals surface area contributed by atoms with Gasteiger partial charge in [0.2, 0.25) is 0 Å². The number of rotatable bonds is 6. The molecule has 1 saturated carbocycles. The molecule has 1 aromatic rings. The predicted octanol–water partition coefficient (Wildman–Crippen LogP) is 3.62. The Balaban J connectivity index is 1.94. The minimum absolute atomic E-state index is 0.256.